The number of anilines is 1. The Bertz CT molecular complexity index is 713. The number of esters is 2. The normalized spacial score (nSPS) is 17.5. The number of hydrogen-bond acceptors (Lipinski definition) is 8. The fraction of sp³-hybridized carbons (Fsp3) is 0.529. The molecule has 0 saturated carbocycles. The molecule has 1 unspecified atom stereocenters. The van der Waals surface area contributed by atoms with E-state index in [9.17, 15) is 19.7 Å². The summed E-state index contributed by atoms with van der Waals surface area (Å²) in [6, 6.07) is 3.27. The van der Waals surface area contributed by atoms with Crippen LogP contribution in [0.25, 0.3) is 0 Å². The number of nitro benzene ring substituents is 1. The van der Waals surface area contributed by atoms with Gasteiger partial charge in [-0.25, -0.2) is 9.59 Å². The van der Waals surface area contributed by atoms with Crippen molar-refractivity contribution in [1.82, 2.24) is 5.32 Å². The van der Waals surface area contributed by atoms with Gasteiger partial charge >= 0.3 is 11.9 Å². The highest BCUT2D eigenvalue weighted by molar-refractivity contribution is 5.97. The van der Waals surface area contributed by atoms with Crippen molar-refractivity contribution in [2.75, 3.05) is 31.6 Å². The van der Waals surface area contributed by atoms with Crippen LogP contribution in [-0.4, -0.2) is 55.2 Å². The minimum atomic E-state index is -0.704. The minimum absolute atomic E-state index is 0.0390. The summed E-state index contributed by atoms with van der Waals surface area (Å²) in [5.74, 6) is -1.14. The summed E-state index contributed by atoms with van der Waals surface area (Å²) < 4.78 is 10.2. The molecule has 0 aromatic heterocycles. The lowest BCUT2D eigenvalue weighted by molar-refractivity contribution is -0.384. The van der Waals surface area contributed by atoms with Crippen LogP contribution < -0.4 is 10.2 Å². The number of carbonyl (C=O) groups is 2. The van der Waals surface area contributed by atoms with E-state index in [1.54, 1.807) is 25.7 Å². The standard InChI is InChI=1S/C17H23N3O6/c1-17(2,3)26-16(22)14-10-18-7-8-19(14)13-6-5-11(20(23)24)9-12(13)15(21)25-4/h5-6,9,14,18H,7-8,10H2,1-4H3. The molecule has 9 nitrogen and oxygen atoms in total. The van der Waals surface area contributed by atoms with E-state index in [-0.39, 0.29) is 11.3 Å². The lowest BCUT2D eigenvalue weighted by atomic mass is 10.1. The van der Waals surface area contributed by atoms with Crippen LogP contribution >= 0.6 is 0 Å². The molecule has 0 spiro atoms. The van der Waals surface area contributed by atoms with Gasteiger partial charge in [0.05, 0.1) is 23.3 Å². The largest absolute Gasteiger partial charge is 0.465 e. The third-order valence-corrected chi connectivity index (χ3v) is 3.83. The van der Waals surface area contributed by atoms with E-state index < -0.39 is 28.5 Å². The molecule has 1 atom stereocenters. The fourth-order valence-corrected chi connectivity index (χ4v) is 2.73. The number of nitro groups is 1. The highest BCUT2D eigenvalue weighted by Crippen LogP contribution is 2.29. The van der Waals surface area contributed by atoms with E-state index in [0.29, 0.717) is 25.3 Å². The van der Waals surface area contributed by atoms with Gasteiger partial charge in [-0.15, -0.1) is 0 Å². The van der Waals surface area contributed by atoms with Gasteiger partial charge in [0.2, 0.25) is 0 Å². The van der Waals surface area contributed by atoms with Crippen LogP contribution in [0.15, 0.2) is 18.2 Å². The number of benzene rings is 1. The zero-order valence-corrected chi connectivity index (χ0v) is 15.3. The molecular weight excluding hydrogens is 342 g/mol. The summed E-state index contributed by atoms with van der Waals surface area (Å²) >= 11 is 0. The summed E-state index contributed by atoms with van der Waals surface area (Å²) in [7, 11) is 1.20. The van der Waals surface area contributed by atoms with Crippen LogP contribution in [0.4, 0.5) is 11.4 Å². The zero-order chi connectivity index (χ0) is 19.5. The van der Waals surface area contributed by atoms with E-state index in [1.807, 2.05) is 0 Å². The van der Waals surface area contributed by atoms with Crippen molar-refractivity contribution in [2.24, 2.45) is 0 Å². The monoisotopic (exact) mass is 365 g/mol. The predicted molar refractivity (Wildman–Crippen MR) is 94.3 cm³/mol. The van der Waals surface area contributed by atoms with E-state index >= 15 is 0 Å². The molecule has 26 heavy (non-hydrogen) atoms. The first-order valence-corrected chi connectivity index (χ1v) is 8.21. The highest BCUT2D eigenvalue weighted by Gasteiger charge is 2.35. The van der Waals surface area contributed by atoms with Gasteiger partial charge in [-0.3, -0.25) is 10.1 Å². The Balaban J connectivity index is 2.44. The second-order valence-corrected chi connectivity index (χ2v) is 6.90. The van der Waals surface area contributed by atoms with Gasteiger partial charge in [0.1, 0.15) is 11.6 Å². The summed E-state index contributed by atoms with van der Waals surface area (Å²) in [5.41, 5.74) is -0.434. The van der Waals surface area contributed by atoms with Gasteiger partial charge < -0.3 is 19.7 Å². The molecule has 9 heteroatoms. The average molecular weight is 365 g/mol. The van der Waals surface area contributed by atoms with Gasteiger partial charge in [-0.2, -0.15) is 0 Å². The number of nitrogens with zero attached hydrogens (tertiary/aromatic N) is 2. The van der Waals surface area contributed by atoms with Gasteiger partial charge in [-0.05, 0) is 26.8 Å². The molecule has 0 amide bonds. The second-order valence-electron chi connectivity index (χ2n) is 6.90. The molecule has 1 aliphatic rings. The minimum Gasteiger partial charge on any atom is -0.465 e. The molecular formula is C17H23N3O6. The Kier molecular flexibility index (Phi) is 5.81. The Morgan fingerprint density at radius 3 is 2.62 bits per heavy atom. The Labute approximate surface area is 151 Å². The maximum atomic E-state index is 12.6. The van der Waals surface area contributed by atoms with E-state index in [1.165, 1.54) is 19.2 Å². The maximum Gasteiger partial charge on any atom is 0.340 e. The van der Waals surface area contributed by atoms with Crippen LogP contribution in [0.2, 0.25) is 0 Å². The zero-order valence-electron chi connectivity index (χ0n) is 15.3. The summed E-state index contributed by atoms with van der Waals surface area (Å²) in [6.45, 7) is 6.70. The number of ether oxygens (including phenoxy) is 2. The Hall–Kier alpha value is -2.68. The number of carbonyl (C=O) groups excluding carboxylic acids is 2. The molecule has 142 valence electrons. The number of non-ortho nitro benzene ring substituents is 1. The molecule has 1 aliphatic heterocycles. The van der Waals surface area contributed by atoms with Crippen LogP contribution in [-0.2, 0) is 14.3 Å². The van der Waals surface area contributed by atoms with Crippen molar-refractivity contribution in [2.45, 2.75) is 32.4 Å². The molecule has 1 N–H and O–H groups in total. The summed E-state index contributed by atoms with van der Waals surface area (Å²) in [5, 5.41) is 14.2. The summed E-state index contributed by atoms with van der Waals surface area (Å²) in [4.78, 5) is 36.9. The van der Waals surface area contributed by atoms with Gasteiger partial charge in [0.15, 0.2) is 0 Å². The quantitative estimate of drug-likeness (QED) is 0.485. The molecule has 1 fully saturated rings. The first-order chi connectivity index (χ1) is 12.1. The van der Waals surface area contributed by atoms with Crippen molar-refractivity contribution >= 4 is 23.3 Å². The van der Waals surface area contributed by atoms with E-state index in [2.05, 4.69) is 5.32 Å². The first kappa shape index (κ1) is 19.6. The Morgan fingerprint density at radius 1 is 1.35 bits per heavy atom. The molecule has 1 heterocycles. The van der Waals surface area contributed by atoms with E-state index in [0.717, 1.165) is 6.07 Å². The van der Waals surface area contributed by atoms with Crippen molar-refractivity contribution in [1.29, 1.82) is 0 Å². The summed E-state index contributed by atoms with van der Waals surface area (Å²) in [6.07, 6.45) is 0. The van der Waals surface area contributed by atoms with E-state index in [4.69, 9.17) is 9.47 Å². The van der Waals surface area contributed by atoms with Crippen LogP contribution in [0.3, 0.4) is 0 Å². The molecule has 0 bridgehead atoms. The first-order valence-electron chi connectivity index (χ1n) is 8.21. The Morgan fingerprint density at radius 2 is 2.04 bits per heavy atom. The number of hydrogen-bond donors (Lipinski definition) is 1. The van der Waals surface area contributed by atoms with Crippen LogP contribution in [0, 0.1) is 10.1 Å². The molecule has 1 aromatic carbocycles. The van der Waals surface area contributed by atoms with Crippen molar-refractivity contribution < 1.29 is 24.0 Å². The topological polar surface area (TPSA) is 111 Å². The molecule has 0 radical (unpaired) electrons. The van der Waals surface area contributed by atoms with Gasteiger partial charge in [0, 0.05) is 31.8 Å². The average Bonchev–Trinajstić information content (AvgIpc) is 2.59. The number of methoxy groups -OCH3 is 1. The van der Waals surface area contributed by atoms with Crippen LogP contribution in [0.5, 0.6) is 0 Å². The molecule has 0 aliphatic carbocycles. The van der Waals surface area contributed by atoms with Gasteiger partial charge in [0.25, 0.3) is 5.69 Å². The van der Waals surface area contributed by atoms with Crippen molar-refractivity contribution in [3.63, 3.8) is 0 Å². The van der Waals surface area contributed by atoms with Crippen LogP contribution in [0.1, 0.15) is 31.1 Å². The molecule has 1 aromatic rings. The second kappa shape index (κ2) is 7.69. The molecule has 1 saturated heterocycles. The fourth-order valence-electron chi connectivity index (χ4n) is 2.73. The highest BCUT2D eigenvalue weighted by atomic mass is 16.6. The molecule has 2 rings (SSSR count). The lowest BCUT2D eigenvalue weighted by Gasteiger charge is -2.38. The number of rotatable bonds is 4. The third kappa shape index (κ3) is 4.48. The smallest absolute Gasteiger partial charge is 0.340 e. The predicted octanol–water partition coefficient (Wildman–Crippen LogP) is 1.50. The van der Waals surface area contributed by atoms with Crippen molar-refractivity contribution in [3.8, 4) is 0 Å². The maximum absolute atomic E-state index is 12.6. The lowest BCUT2D eigenvalue weighted by Crippen LogP contribution is -2.56. The third-order valence-electron chi connectivity index (χ3n) is 3.83. The SMILES string of the molecule is COC(=O)c1cc([N+](=O)[O-])ccc1N1CCNCC1C(=O)OC(C)(C)C. The van der Waals surface area contributed by atoms with Gasteiger partial charge in [-0.1, -0.05) is 0 Å². The number of nitrogens with one attached hydrogen (secondary N) is 1. The van der Waals surface area contributed by atoms with Crippen molar-refractivity contribution in [3.05, 3.63) is 33.9 Å². The number of piperazine rings is 1.